The molecule has 2 N–H and O–H groups in total. The lowest BCUT2D eigenvalue weighted by molar-refractivity contribution is -0.124. The number of rotatable bonds is 3. The molecule has 1 aromatic rings. The van der Waals surface area contributed by atoms with Gasteiger partial charge in [0, 0.05) is 4.90 Å². The predicted octanol–water partition coefficient (Wildman–Crippen LogP) is 3.10. The van der Waals surface area contributed by atoms with E-state index in [4.69, 9.17) is 5.73 Å². The highest BCUT2D eigenvalue weighted by molar-refractivity contribution is 7.98. The molecule has 0 spiro atoms. The predicted molar refractivity (Wildman–Crippen MR) is 72.2 cm³/mol. The first kappa shape index (κ1) is 12.5. The first-order valence-electron chi connectivity index (χ1n) is 6.14. The molecule has 2 nitrogen and oxygen atoms in total. The molecule has 1 aliphatic rings. The smallest absolute Gasteiger partial charge is 0.228 e. The molecule has 0 aliphatic heterocycles. The van der Waals surface area contributed by atoms with Crippen molar-refractivity contribution in [3.05, 3.63) is 29.8 Å². The molecule has 1 fully saturated rings. The van der Waals surface area contributed by atoms with Crippen molar-refractivity contribution in [2.24, 2.45) is 5.73 Å². The van der Waals surface area contributed by atoms with Gasteiger partial charge in [0.1, 0.15) is 0 Å². The van der Waals surface area contributed by atoms with Gasteiger partial charge in [0.25, 0.3) is 0 Å². The highest BCUT2D eigenvalue weighted by atomic mass is 32.2. The highest BCUT2D eigenvalue weighted by Gasteiger charge is 2.40. The van der Waals surface area contributed by atoms with Crippen molar-refractivity contribution in [3.63, 3.8) is 0 Å². The van der Waals surface area contributed by atoms with Crippen LogP contribution < -0.4 is 5.73 Å². The third-order valence-corrected chi connectivity index (χ3v) is 4.60. The molecule has 0 saturated heterocycles. The van der Waals surface area contributed by atoms with Crippen LogP contribution in [0.5, 0.6) is 0 Å². The summed E-state index contributed by atoms with van der Waals surface area (Å²) in [5.74, 6) is -0.154. The van der Waals surface area contributed by atoms with Crippen LogP contribution in [0.3, 0.4) is 0 Å². The molecule has 0 bridgehead atoms. The lowest BCUT2D eigenvalue weighted by Crippen LogP contribution is -2.43. The summed E-state index contributed by atoms with van der Waals surface area (Å²) in [4.78, 5) is 13.1. The summed E-state index contributed by atoms with van der Waals surface area (Å²) < 4.78 is 0. The number of primary amides is 1. The van der Waals surface area contributed by atoms with Crippen LogP contribution in [-0.4, -0.2) is 12.2 Å². The molecule has 3 heteroatoms. The van der Waals surface area contributed by atoms with E-state index in [9.17, 15) is 4.79 Å². The van der Waals surface area contributed by atoms with Crippen molar-refractivity contribution in [1.82, 2.24) is 0 Å². The van der Waals surface area contributed by atoms with Crippen LogP contribution in [0.1, 0.15) is 37.7 Å². The summed E-state index contributed by atoms with van der Waals surface area (Å²) in [6, 6.07) is 8.18. The third-order valence-electron chi connectivity index (χ3n) is 3.80. The van der Waals surface area contributed by atoms with Gasteiger partial charge in [0.2, 0.25) is 5.91 Å². The van der Waals surface area contributed by atoms with Crippen molar-refractivity contribution >= 4 is 17.7 Å². The van der Waals surface area contributed by atoms with E-state index >= 15 is 0 Å². The normalized spacial score (nSPS) is 18.9. The highest BCUT2D eigenvalue weighted by Crippen LogP contribution is 2.42. The van der Waals surface area contributed by atoms with Gasteiger partial charge in [-0.05, 0) is 30.7 Å². The Labute approximate surface area is 107 Å². The van der Waals surface area contributed by atoms with E-state index in [1.165, 1.54) is 11.3 Å². The molecule has 2 rings (SSSR count). The standard InChI is InChI=1S/C14H19NOS/c1-17-12-8-4-3-7-11(12)14(13(15)16)9-5-2-6-10-14/h3-4,7-8H,2,5-6,9-10H2,1H3,(H2,15,16). The Morgan fingerprint density at radius 2 is 1.88 bits per heavy atom. The van der Waals surface area contributed by atoms with Crippen LogP contribution in [0.25, 0.3) is 0 Å². The molecule has 0 radical (unpaired) electrons. The average Bonchev–Trinajstić information content (AvgIpc) is 2.39. The van der Waals surface area contributed by atoms with E-state index in [-0.39, 0.29) is 5.91 Å². The van der Waals surface area contributed by atoms with E-state index in [0.29, 0.717) is 0 Å². The summed E-state index contributed by atoms with van der Waals surface area (Å²) in [6.07, 6.45) is 7.28. The molecule has 17 heavy (non-hydrogen) atoms. The first-order valence-corrected chi connectivity index (χ1v) is 7.36. The van der Waals surface area contributed by atoms with Crippen molar-refractivity contribution in [2.45, 2.75) is 42.4 Å². The van der Waals surface area contributed by atoms with Gasteiger partial charge in [-0.1, -0.05) is 37.5 Å². The van der Waals surface area contributed by atoms with E-state index in [1.807, 2.05) is 12.1 Å². The molecule has 0 unspecified atom stereocenters. The monoisotopic (exact) mass is 249 g/mol. The number of thioether (sulfide) groups is 1. The third kappa shape index (κ3) is 2.21. The minimum Gasteiger partial charge on any atom is -0.369 e. The largest absolute Gasteiger partial charge is 0.369 e. The summed E-state index contributed by atoms with van der Waals surface area (Å²) in [6.45, 7) is 0. The van der Waals surface area contributed by atoms with E-state index < -0.39 is 5.41 Å². The van der Waals surface area contributed by atoms with Gasteiger partial charge in [0.05, 0.1) is 5.41 Å². The van der Waals surface area contributed by atoms with Crippen molar-refractivity contribution < 1.29 is 4.79 Å². The first-order chi connectivity index (χ1) is 8.20. The van der Waals surface area contributed by atoms with Gasteiger partial charge >= 0.3 is 0 Å². The molecular formula is C14H19NOS. The van der Waals surface area contributed by atoms with Crippen LogP contribution in [-0.2, 0) is 10.2 Å². The topological polar surface area (TPSA) is 43.1 Å². The van der Waals surface area contributed by atoms with Crippen LogP contribution in [0.15, 0.2) is 29.2 Å². The second kappa shape index (κ2) is 5.13. The van der Waals surface area contributed by atoms with E-state index in [0.717, 1.165) is 31.2 Å². The number of benzene rings is 1. The number of carbonyl (C=O) groups excluding carboxylic acids is 1. The summed E-state index contributed by atoms with van der Waals surface area (Å²) >= 11 is 1.70. The number of hydrogen-bond acceptors (Lipinski definition) is 2. The van der Waals surface area contributed by atoms with Crippen molar-refractivity contribution in [1.29, 1.82) is 0 Å². The average molecular weight is 249 g/mol. The quantitative estimate of drug-likeness (QED) is 0.836. The second-order valence-electron chi connectivity index (χ2n) is 4.71. The molecular weight excluding hydrogens is 230 g/mol. The van der Waals surface area contributed by atoms with E-state index in [1.54, 1.807) is 11.8 Å². The summed E-state index contributed by atoms with van der Waals surface area (Å²) in [5, 5.41) is 0. The Hall–Kier alpha value is -0.960. The zero-order valence-corrected chi connectivity index (χ0v) is 11.1. The van der Waals surface area contributed by atoms with Crippen LogP contribution in [0.4, 0.5) is 0 Å². The van der Waals surface area contributed by atoms with Gasteiger partial charge < -0.3 is 5.73 Å². The summed E-state index contributed by atoms with van der Waals surface area (Å²) in [7, 11) is 0. The Kier molecular flexibility index (Phi) is 3.77. The Morgan fingerprint density at radius 1 is 1.24 bits per heavy atom. The lowest BCUT2D eigenvalue weighted by Gasteiger charge is -2.35. The fraction of sp³-hybridized carbons (Fsp3) is 0.500. The van der Waals surface area contributed by atoms with Crippen LogP contribution in [0, 0.1) is 0 Å². The molecule has 92 valence electrons. The van der Waals surface area contributed by atoms with Gasteiger partial charge in [-0.3, -0.25) is 4.79 Å². The molecule has 0 aromatic heterocycles. The summed E-state index contributed by atoms with van der Waals surface area (Å²) in [5.41, 5.74) is 6.43. The number of carbonyl (C=O) groups is 1. The zero-order valence-electron chi connectivity index (χ0n) is 10.2. The minimum absolute atomic E-state index is 0.154. The zero-order chi connectivity index (χ0) is 12.3. The Balaban J connectivity index is 2.48. The molecule has 1 aromatic carbocycles. The Morgan fingerprint density at radius 3 is 2.47 bits per heavy atom. The molecule has 1 aliphatic carbocycles. The van der Waals surface area contributed by atoms with Gasteiger partial charge in [0.15, 0.2) is 0 Å². The SMILES string of the molecule is CSc1ccccc1C1(C(N)=O)CCCCC1. The fourth-order valence-electron chi connectivity index (χ4n) is 2.84. The van der Waals surface area contributed by atoms with E-state index in [2.05, 4.69) is 18.4 Å². The second-order valence-corrected chi connectivity index (χ2v) is 5.56. The maximum absolute atomic E-state index is 12.0. The van der Waals surface area contributed by atoms with Crippen LogP contribution >= 0.6 is 11.8 Å². The van der Waals surface area contributed by atoms with Gasteiger partial charge in [-0.25, -0.2) is 0 Å². The number of hydrogen-bond donors (Lipinski definition) is 1. The van der Waals surface area contributed by atoms with Gasteiger partial charge in [-0.15, -0.1) is 11.8 Å². The molecule has 1 amide bonds. The van der Waals surface area contributed by atoms with Gasteiger partial charge in [-0.2, -0.15) is 0 Å². The maximum atomic E-state index is 12.0. The molecule has 1 saturated carbocycles. The molecule has 0 heterocycles. The minimum atomic E-state index is -0.419. The fourth-order valence-corrected chi connectivity index (χ4v) is 3.54. The number of amides is 1. The van der Waals surface area contributed by atoms with Crippen molar-refractivity contribution in [3.8, 4) is 0 Å². The maximum Gasteiger partial charge on any atom is 0.228 e. The lowest BCUT2D eigenvalue weighted by atomic mass is 9.69. The number of nitrogens with two attached hydrogens (primary N) is 1. The molecule has 0 atom stereocenters. The Bertz CT molecular complexity index is 410. The van der Waals surface area contributed by atoms with Crippen LogP contribution in [0.2, 0.25) is 0 Å². The van der Waals surface area contributed by atoms with Crippen molar-refractivity contribution in [2.75, 3.05) is 6.26 Å².